The molecule has 0 radical (unpaired) electrons. The molecule has 4 nitrogen and oxygen atoms in total. The first-order valence-corrected chi connectivity index (χ1v) is 7.38. The molecule has 0 atom stereocenters. The Balaban J connectivity index is 2.07. The van der Waals surface area contributed by atoms with Gasteiger partial charge in [0.1, 0.15) is 0 Å². The molecule has 0 aliphatic rings. The van der Waals surface area contributed by atoms with E-state index in [4.69, 9.17) is 4.42 Å². The molecule has 0 spiro atoms. The molecule has 0 bridgehead atoms. The van der Waals surface area contributed by atoms with Crippen LogP contribution in [-0.4, -0.2) is 23.3 Å². The van der Waals surface area contributed by atoms with E-state index in [1.165, 1.54) is 38.5 Å². The van der Waals surface area contributed by atoms with Crippen LogP contribution in [0.5, 0.6) is 0 Å². The van der Waals surface area contributed by atoms with E-state index in [1.807, 2.05) is 0 Å². The first-order valence-electron chi connectivity index (χ1n) is 7.38. The molecule has 0 fully saturated rings. The van der Waals surface area contributed by atoms with Gasteiger partial charge >= 0.3 is 0 Å². The first kappa shape index (κ1) is 15.2. The van der Waals surface area contributed by atoms with Crippen LogP contribution in [0.25, 0.3) is 0 Å². The second-order valence-corrected chi connectivity index (χ2v) is 4.71. The predicted octanol–water partition coefficient (Wildman–Crippen LogP) is 3.12. The molecule has 0 saturated heterocycles. The molecule has 1 aromatic rings. The van der Waals surface area contributed by atoms with Crippen LogP contribution in [0.15, 0.2) is 4.42 Å². The van der Waals surface area contributed by atoms with Gasteiger partial charge in [-0.1, -0.05) is 46.0 Å². The van der Waals surface area contributed by atoms with E-state index in [0.29, 0.717) is 0 Å². The van der Waals surface area contributed by atoms with Gasteiger partial charge in [-0.3, -0.25) is 0 Å². The lowest BCUT2D eigenvalue weighted by atomic mass is 10.1. The molecule has 0 aliphatic carbocycles. The van der Waals surface area contributed by atoms with Crippen molar-refractivity contribution in [3.63, 3.8) is 0 Å². The zero-order valence-electron chi connectivity index (χ0n) is 11.9. The van der Waals surface area contributed by atoms with E-state index < -0.39 is 0 Å². The molecule has 1 rings (SSSR count). The van der Waals surface area contributed by atoms with Crippen LogP contribution in [-0.2, 0) is 12.8 Å². The summed E-state index contributed by atoms with van der Waals surface area (Å²) in [4.78, 5) is 0. The van der Waals surface area contributed by atoms with Gasteiger partial charge in [0.25, 0.3) is 0 Å². The minimum atomic E-state index is 0.761. The molecule has 4 heteroatoms. The van der Waals surface area contributed by atoms with Gasteiger partial charge in [-0.25, -0.2) is 0 Å². The van der Waals surface area contributed by atoms with Crippen LogP contribution in [0.1, 0.15) is 64.2 Å². The molecule has 104 valence electrons. The monoisotopic (exact) mass is 253 g/mol. The van der Waals surface area contributed by atoms with E-state index in [-0.39, 0.29) is 0 Å². The number of nitrogens with zero attached hydrogens (tertiary/aromatic N) is 2. The van der Waals surface area contributed by atoms with Crippen molar-refractivity contribution in [3.05, 3.63) is 11.8 Å². The highest BCUT2D eigenvalue weighted by atomic mass is 16.4. The first-order chi connectivity index (χ1) is 8.86. The normalized spacial score (nSPS) is 11.0. The largest absolute Gasteiger partial charge is 0.425 e. The Morgan fingerprint density at radius 2 is 1.56 bits per heavy atom. The summed E-state index contributed by atoms with van der Waals surface area (Å²) < 4.78 is 5.60. The van der Waals surface area contributed by atoms with Gasteiger partial charge in [-0.15, -0.1) is 10.2 Å². The van der Waals surface area contributed by atoms with Gasteiger partial charge < -0.3 is 9.73 Å². The Labute approximate surface area is 111 Å². The zero-order chi connectivity index (χ0) is 13.1. The van der Waals surface area contributed by atoms with Gasteiger partial charge in [0.15, 0.2) is 0 Å². The van der Waals surface area contributed by atoms with E-state index in [9.17, 15) is 0 Å². The van der Waals surface area contributed by atoms with Crippen LogP contribution >= 0.6 is 0 Å². The SMILES string of the molecule is CCCCCCCCc1nnc(CCNCC)o1. The summed E-state index contributed by atoms with van der Waals surface area (Å²) in [6, 6.07) is 0. The summed E-state index contributed by atoms with van der Waals surface area (Å²) in [6.45, 7) is 6.24. The fourth-order valence-corrected chi connectivity index (χ4v) is 1.92. The maximum atomic E-state index is 5.60. The average molecular weight is 253 g/mol. The minimum absolute atomic E-state index is 0.761. The van der Waals surface area contributed by atoms with Crippen LogP contribution < -0.4 is 5.32 Å². The Kier molecular flexibility index (Phi) is 8.47. The molecular weight excluding hydrogens is 226 g/mol. The molecule has 18 heavy (non-hydrogen) atoms. The van der Waals surface area contributed by atoms with Crippen molar-refractivity contribution in [1.82, 2.24) is 15.5 Å². The highest BCUT2D eigenvalue weighted by Gasteiger charge is 2.05. The van der Waals surface area contributed by atoms with Crippen molar-refractivity contribution < 1.29 is 4.42 Å². The number of likely N-dealkylation sites (N-methyl/N-ethyl adjacent to an activating group) is 1. The fraction of sp³-hybridized carbons (Fsp3) is 0.857. The lowest BCUT2D eigenvalue weighted by Gasteiger charge is -1.98. The summed E-state index contributed by atoms with van der Waals surface area (Å²) >= 11 is 0. The number of aromatic nitrogens is 2. The average Bonchev–Trinajstić information content (AvgIpc) is 2.82. The third-order valence-corrected chi connectivity index (χ3v) is 3.02. The lowest BCUT2D eigenvalue weighted by molar-refractivity contribution is 0.436. The summed E-state index contributed by atoms with van der Waals surface area (Å²) in [7, 11) is 0. The lowest BCUT2D eigenvalue weighted by Crippen LogP contribution is -2.16. The second kappa shape index (κ2) is 10.1. The van der Waals surface area contributed by atoms with Crippen LogP contribution in [0.4, 0.5) is 0 Å². The quantitative estimate of drug-likeness (QED) is 0.616. The number of nitrogens with one attached hydrogen (secondary N) is 1. The van der Waals surface area contributed by atoms with Crippen molar-refractivity contribution in [2.75, 3.05) is 13.1 Å². The topological polar surface area (TPSA) is 51.0 Å². The number of hydrogen-bond acceptors (Lipinski definition) is 4. The smallest absolute Gasteiger partial charge is 0.217 e. The standard InChI is InChI=1S/C14H27N3O/c1-3-5-6-7-8-9-10-13-16-17-14(18-13)11-12-15-4-2/h15H,3-12H2,1-2H3. The van der Waals surface area contributed by atoms with Crippen molar-refractivity contribution >= 4 is 0 Å². The fourth-order valence-electron chi connectivity index (χ4n) is 1.92. The molecule has 1 aromatic heterocycles. The molecular formula is C14H27N3O. The zero-order valence-corrected chi connectivity index (χ0v) is 11.9. The van der Waals surface area contributed by atoms with E-state index in [2.05, 4.69) is 29.4 Å². The van der Waals surface area contributed by atoms with Crippen LogP contribution in [0.3, 0.4) is 0 Å². The molecule has 1 N–H and O–H groups in total. The summed E-state index contributed by atoms with van der Waals surface area (Å²) in [5, 5.41) is 11.4. The maximum absolute atomic E-state index is 5.60. The second-order valence-electron chi connectivity index (χ2n) is 4.71. The van der Waals surface area contributed by atoms with Gasteiger partial charge in [-0.05, 0) is 13.0 Å². The molecule has 0 aromatic carbocycles. The van der Waals surface area contributed by atoms with Gasteiger partial charge in [0.05, 0.1) is 0 Å². The highest BCUT2D eigenvalue weighted by Crippen LogP contribution is 2.09. The highest BCUT2D eigenvalue weighted by molar-refractivity contribution is 4.82. The van der Waals surface area contributed by atoms with Gasteiger partial charge in [0, 0.05) is 19.4 Å². The van der Waals surface area contributed by atoms with E-state index >= 15 is 0 Å². The molecule has 0 saturated carbocycles. The Morgan fingerprint density at radius 3 is 2.28 bits per heavy atom. The Hall–Kier alpha value is -0.900. The third kappa shape index (κ3) is 6.74. The van der Waals surface area contributed by atoms with Crippen molar-refractivity contribution in [1.29, 1.82) is 0 Å². The van der Waals surface area contributed by atoms with Gasteiger partial charge in [0.2, 0.25) is 11.8 Å². The van der Waals surface area contributed by atoms with E-state index in [0.717, 1.165) is 37.7 Å². The molecule has 0 amide bonds. The van der Waals surface area contributed by atoms with Crippen molar-refractivity contribution in [2.24, 2.45) is 0 Å². The minimum Gasteiger partial charge on any atom is -0.425 e. The maximum Gasteiger partial charge on any atom is 0.217 e. The number of rotatable bonds is 11. The summed E-state index contributed by atoms with van der Waals surface area (Å²) in [5.74, 6) is 1.56. The molecule has 0 unspecified atom stereocenters. The molecule has 0 aliphatic heterocycles. The Morgan fingerprint density at radius 1 is 0.889 bits per heavy atom. The van der Waals surface area contributed by atoms with Crippen molar-refractivity contribution in [3.8, 4) is 0 Å². The number of hydrogen-bond donors (Lipinski definition) is 1. The summed E-state index contributed by atoms with van der Waals surface area (Å²) in [6.07, 6.45) is 9.54. The third-order valence-electron chi connectivity index (χ3n) is 3.02. The number of aryl methyl sites for hydroxylation is 1. The molecule has 1 heterocycles. The van der Waals surface area contributed by atoms with Crippen molar-refractivity contribution in [2.45, 2.75) is 65.2 Å². The predicted molar refractivity (Wildman–Crippen MR) is 73.6 cm³/mol. The van der Waals surface area contributed by atoms with Crippen LogP contribution in [0.2, 0.25) is 0 Å². The summed E-state index contributed by atoms with van der Waals surface area (Å²) in [5.41, 5.74) is 0. The van der Waals surface area contributed by atoms with E-state index in [1.54, 1.807) is 0 Å². The number of unbranched alkanes of at least 4 members (excludes halogenated alkanes) is 5. The Bertz CT molecular complexity index is 299. The van der Waals surface area contributed by atoms with Crippen LogP contribution in [0, 0.1) is 0 Å². The van der Waals surface area contributed by atoms with Gasteiger partial charge in [-0.2, -0.15) is 0 Å².